The number of thioether (sulfide) groups is 1. The maximum absolute atomic E-state index is 14.2. The summed E-state index contributed by atoms with van der Waals surface area (Å²) in [4.78, 5) is 1.15. The molecule has 0 amide bonds. The first kappa shape index (κ1) is 17.2. The van der Waals surface area contributed by atoms with Crippen molar-refractivity contribution in [3.05, 3.63) is 71.0 Å². The van der Waals surface area contributed by atoms with Crippen LogP contribution in [-0.4, -0.2) is 12.3 Å². The number of rotatable bonds is 2. The van der Waals surface area contributed by atoms with Crippen LogP contribution in [0.15, 0.2) is 47.4 Å². The lowest BCUT2D eigenvalue weighted by atomic mass is 9.90. The normalized spacial score (nSPS) is 19.3. The summed E-state index contributed by atoms with van der Waals surface area (Å²) in [6.45, 7) is 0. The van der Waals surface area contributed by atoms with Gasteiger partial charge in [0.1, 0.15) is 17.7 Å². The van der Waals surface area contributed by atoms with Crippen LogP contribution in [0.3, 0.4) is 0 Å². The Morgan fingerprint density at radius 3 is 2.54 bits per heavy atom. The molecular formula is C20H16F3NOS. The van der Waals surface area contributed by atoms with Gasteiger partial charge < -0.3 is 10.5 Å². The Labute approximate surface area is 153 Å². The van der Waals surface area contributed by atoms with Crippen LogP contribution >= 0.6 is 11.8 Å². The van der Waals surface area contributed by atoms with Gasteiger partial charge in [-0.25, -0.2) is 13.2 Å². The third-order valence-electron chi connectivity index (χ3n) is 4.72. The van der Waals surface area contributed by atoms with Crippen molar-refractivity contribution in [3.8, 4) is 5.75 Å². The van der Waals surface area contributed by atoms with Crippen LogP contribution in [0.1, 0.15) is 17.2 Å². The zero-order valence-corrected chi connectivity index (χ0v) is 14.7. The summed E-state index contributed by atoms with van der Waals surface area (Å²) in [5.74, 6) is -2.62. The van der Waals surface area contributed by atoms with Gasteiger partial charge in [-0.3, -0.25) is 0 Å². The van der Waals surface area contributed by atoms with Crippen LogP contribution in [-0.2, 0) is 6.42 Å². The topological polar surface area (TPSA) is 35.2 Å². The average Bonchev–Trinajstić information content (AvgIpc) is 2.64. The second kappa shape index (κ2) is 6.52. The predicted octanol–water partition coefficient (Wildman–Crippen LogP) is 4.98. The molecule has 1 heterocycles. The van der Waals surface area contributed by atoms with Gasteiger partial charge in [-0.2, -0.15) is 0 Å². The van der Waals surface area contributed by atoms with Gasteiger partial charge >= 0.3 is 0 Å². The highest BCUT2D eigenvalue weighted by Gasteiger charge is 2.32. The molecule has 0 radical (unpaired) electrons. The molecule has 0 saturated heterocycles. The third-order valence-corrected chi connectivity index (χ3v) is 5.45. The van der Waals surface area contributed by atoms with Gasteiger partial charge in [0.05, 0.1) is 6.04 Å². The zero-order valence-electron chi connectivity index (χ0n) is 13.9. The number of ether oxygens (including phenoxy) is 1. The van der Waals surface area contributed by atoms with E-state index in [-0.39, 0.29) is 5.56 Å². The number of nitrogens with two attached hydrogens (primary N) is 1. The molecule has 134 valence electrons. The van der Waals surface area contributed by atoms with Crippen LogP contribution < -0.4 is 10.5 Å². The minimum atomic E-state index is -1.23. The Balaban J connectivity index is 1.77. The second-order valence-corrected chi connectivity index (χ2v) is 7.20. The van der Waals surface area contributed by atoms with Crippen molar-refractivity contribution in [3.63, 3.8) is 0 Å². The van der Waals surface area contributed by atoms with Gasteiger partial charge in [0.15, 0.2) is 11.6 Å². The van der Waals surface area contributed by atoms with E-state index in [9.17, 15) is 13.2 Å². The maximum Gasteiger partial charge on any atom is 0.161 e. The molecule has 0 bridgehead atoms. The fourth-order valence-electron chi connectivity index (χ4n) is 3.42. The van der Waals surface area contributed by atoms with Crippen LogP contribution in [0, 0.1) is 17.5 Å². The smallest absolute Gasteiger partial charge is 0.161 e. The number of fused-ring (bicyclic) bond motifs is 3. The molecule has 6 heteroatoms. The van der Waals surface area contributed by atoms with Crippen molar-refractivity contribution in [1.82, 2.24) is 0 Å². The molecule has 2 nitrogen and oxygen atoms in total. The second-order valence-electron chi connectivity index (χ2n) is 6.32. The van der Waals surface area contributed by atoms with Crippen molar-refractivity contribution in [2.45, 2.75) is 23.5 Å². The minimum absolute atomic E-state index is 0.0696. The highest BCUT2D eigenvalue weighted by Crippen LogP contribution is 2.40. The van der Waals surface area contributed by atoms with E-state index in [1.165, 1.54) is 0 Å². The molecule has 0 fully saturated rings. The molecule has 3 aromatic rings. The number of hydrogen-bond acceptors (Lipinski definition) is 3. The highest BCUT2D eigenvalue weighted by molar-refractivity contribution is 7.98. The van der Waals surface area contributed by atoms with Crippen LogP contribution in [0.4, 0.5) is 13.2 Å². The van der Waals surface area contributed by atoms with Gasteiger partial charge in [0.25, 0.3) is 0 Å². The Hall–Kier alpha value is -2.18. The molecule has 0 spiro atoms. The quantitative estimate of drug-likeness (QED) is 0.507. The summed E-state index contributed by atoms with van der Waals surface area (Å²) in [6, 6.07) is 10.7. The largest absolute Gasteiger partial charge is 0.484 e. The minimum Gasteiger partial charge on any atom is -0.484 e. The van der Waals surface area contributed by atoms with E-state index in [1.54, 1.807) is 11.8 Å². The molecule has 1 aliphatic rings. The molecular weight excluding hydrogens is 359 g/mol. The fourth-order valence-corrected chi connectivity index (χ4v) is 3.87. The molecule has 2 N–H and O–H groups in total. The number of halogens is 3. The summed E-state index contributed by atoms with van der Waals surface area (Å²) < 4.78 is 46.9. The highest BCUT2D eigenvalue weighted by atomic mass is 32.2. The number of hydrogen-bond donors (Lipinski definition) is 1. The fraction of sp³-hybridized carbons (Fsp3) is 0.200. The van der Waals surface area contributed by atoms with Crippen molar-refractivity contribution in [2.24, 2.45) is 5.73 Å². The molecule has 1 aliphatic heterocycles. The van der Waals surface area contributed by atoms with Gasteiger partial charge in [-0.15, -0.1) is 11.8 Å². The van der Waals surface area contributed by atoms with E-state index in [0.29, 0.717) is 18.2 Å². The molecule has 0 aliphatic carbocycles. The van der Waals surface area contributed by atoms with Crippen molar-refractivity contribution >= 4 is 22.5 Å². The first-order valence-electron chi connectivity index (χ1n) is 8.14. The van der Waals surface area contributed by atoms with E-state index in [0.717, 1.165) is 27.3 Å². The zero-order chi connectivity index (χ0) is 18.4. The Morgan fingerprint density at radius 1 is 1.00 bits per heavy atom. The summed E-state index contributed by atoms with van der Waals surface area (Å²) in [5.41, 5.74) is 7.09. The van der Waals surface area contributed by atoms with Crippen molar-refractivity contribution in [1.29, 1.82) is 0 Å². The average molecular weight is 375 g/mol. The third kappa shape index (κ3) is 2.83. The standard InChI is InChI=1S/C20H16F3NOS/c1-26-11-3-4-12-10(6-11)2-5-19-13(12)8-18(24)20(25-19)14-7-16(22)17(23)9-15(14)21/h2-7,9,18,20H,8,24H2,1H3/t18-,20?/m0/s1. The van der Waals surface area contributed by atoms with E-state index in [2.05, 4.69) is 6.07 Å². The molecule has 26 heavy (non-hydrogen) atoms. The molecule has 4 rings (SSSR count). The van der Waals surface area contributed by atoms with E-state index in [4.69, 9.17) is 10.5 Å². The lowest BCUT2D eigenvalue weighted by Crippen LogP contribution is -2.38. The summed E-state index contributed by atoms with van der Waals surface area (Å²) >= 11 is 1.66. The van der Waals surface area contributed by atoms with Gasteiger partial charge in [0.2, 0.25) is 0 Å². The predicted molar refractivity (Wildman–Crippen MR) is 97.1 cm³/mol. The van der Waals surface area contributed by atoms with E-state index >= 15 is 0 Å². The Morgan fingerprint density at radius 2 is 1.77 bits per heavy atom. The molecule has 2 atom stereocenters. The summed E-state index contributed by atoms with van der Waals surface area (Å²) in [7, 11) is 0. The number of benzene rings is 3. The lowest BCUT2D eigenvalue weighted by Gasteiger charge is -2.32. The van der Waals surface area contributed by atoms with Gasteiger partial charge in [0, 0.05) is 22.1 Å². The Kier molecular flexibility index (Phi) is 4.32. The van der Waals surface area contributed by atoms with Crippen molar-refractivity contribution in [2.75, 3.05) is 6.26 Å². The lowest BCUT2D eigenvalue weighted by molar-refractivity contribution is 0.149. The molecule has 3 aromatic carbocycles. The first-order valence-corrected chi connectivity index (χ1v) is 9.36. The Bertz CT molecular complexity index is 1010. The SMILES string of the molecule is CSc1ccc2c3c(ccc2c1)OC(c1cc(F)c(F)cc1F)[C@@H](N)C3. The summed E-state index contributed by atoms with van der Waals surface area (Å²) in [5, 5.41) is 2.10. The molecule has 0 saturated carbocycles. The van der Waals surface area contributed by atoms with E-state index in [1.807, 2.05) is 30.5 Å². The maximum atomic E-state index is 14.2. The molecule has 1 unspecified atom stereocenters. The first-order chi connectivity index (χ1) is 12.5. The summed E-state index contributed by atoms with van der Waals surface area (Å²) in [6.07, 6.45) is 1.59. The van der Waals surface area contributed by atoms with Crippen LogP contribution in [0.25, 0.3) is 10.8 Å². The molecule has 0 aromatic heterocycles. The van der Waals surface area contributed by atoms with Gasteiger partial charge in [-0.1, -0.05) is 12.1 Å². The van der Waals surface area contributed by atoms with E-state index < -0.39 is 29.6 Å². The van der Waals surface area contributed by atoms with Crippen LogP contribution in [0.2, 0.25) is 0 Å². The monoisotopic (exact) mass is 375 g/mol. The van der Waals surface area contributed by atoms with Gasteiger partial charge in [-0.05, 0) is 47.7 Å². The van der Waals surface area contributed by atoms with Crippen LogP contribution in [0.5, 0.6) is 5.75 Å². The van der Waals surface area contributed by atoms with Crippen molar-refractivity contribution < 1.29 is 17.9 Å².